The lowest BCUT2D eigenvalue weighted by Gasteiger charge is -2.21. The highest BCUT2D eigenvalue weighted by atomic mass is 35.5. The Hall–Kier alpha value is -2.08. The van der Waals surface area contributed by atoms with Crippen LogP contribution in [0, 0.1) is 0 Å². The molecule has 1 aromatic carbocycles. The number of fused-ring (bicyclic) bond motifs is 2. The zero-order valence-electron chi connectivity index (χ0n) is 15.8. The van der Waals surface area contributed by atoms with Gasteiger partial charge in [0.2, 0.25) is 0 Å². The lowest BCUT2D eigenvalue weighted by atomic mass is 10.2. The third kappa shape index (κ3) is 3.75. The third-order valence-corrected chi connectivity index (χ3v) is 6.02. The van der Waals surface area contributed by atoms with Gasteiger partial charge in [0.05, 0.1) is 17.4 Å². The number of rotatable bonds is 3. The molecule has 0 bridgehead atoms. The van der Waals surface area contributed by atoms with Gasteiger partial charge in [0.25, 0.3) is 11.3 Å². The lowest BCUT2D eigenvalue weighted by molar-refractivity contribution is 0.0522. The van der Waals surface area contributed by atoms with Crippen LogP contribution in [0.2, 0.25) is 5.15 Å². The minimum Gasteiger partial charge on any atom is -0.442 e. The highest BCUT2D eigenvalue weighted by Gasteiger charge is 2.29. The van der Waals surface area contributed by atoms with E-state index >= 15 is 0 Å². The van der Waals surface area contributed by atoms with E-state index in [2.05, 4.69) is 10.1 Å². The topological polar surface area (TPSA) is 102 Å². The summed E-state index contributed by atoms with van der Waals surface area (Å²) in [5.74, 6) is 1.17. The summed E-state index contributed by atoms with van der Waals surface area (Å²) < 4.78 is 31.7. The molecular formula is C17H18ClN5O4S2. The van der Waals surface area contributed by atoms with Crippen molar-refractivity contribution in [3.05, 3.63) is 29.5 Å². The number of carbonyl (C=O) groups is 1. The smallest absolute Gasteiger partial charge is 0.435 e. The molecule has 2 aromatic heterocycles. The third-order valence-electron chi connectivity index (χ3n) is 4.11. The SMILES string of the molecule is CC(C)(C)OC(=O)n1ncc2cc(N(c3c(Cl)nc4n3CCS4)S(=O)O)ccc21. The number of halogens is 1. The van der Waals surface area contributed by atoms with Gasteiger partial charge in [0.1, 0.15) is 5.60 Å². The molecule has 1 unspecified atom stereocenters. The summed E-state index contributed by atoms with van der Waals surface area (Å²) in [5, 5.41) is 5.57. The number of benzene rings is 1. The van der Waals surface area contributed by atoms with Gasteiger partial charge < -0.3 is 9.30 Å². The molecule has 3 heterocycles. The molecule has 1 N–H and O–H groups in total. The molecule has 12 heteroatoms. The Morgan fingerprint density at radius 3 is 2.86 bits per heavy atom. The predicted molar refractivity (Wildman–Crippen MR) is 112 cm³/mol. The second-order valence-electron chi connectivity index (χ2n) is 7.31. The van der Waals surface area contributed by atoms with Crippen molar-refractivity contribution in [2.24, 2.45) is 0 Å². The van der Waals surface area contributed by atoms with Gasteiger partial charge in [-0.15, -0.1) is 0 Å². The van der Waals surface area contributed by atoms with E-state index < -0.39 is 23.0 Å². The van der Waals surface area contributed by atoms with Gasteiger partial charge in [-0.2, -0.15) is 9.78 Å². The predicted octanol–water partition coefficient (Wildman–Crippen LogP) is 4.05. The van der Waals surface area contributed by atoms with E-state index in [1.54, 1.807) is 39.0 Å². The summed E-state index contributed by atoms with van der Waals surface area (Å²) in [6.45, 7) is 5.96. The summed E-state index contributed by atoms with van der Waals surface area (Å²) in [4.78, 5) is 16.6. The van der Waals surface area contributed by atoms with Crippen molar-refractivity contribution in [3.63, 3.8) is 0 Å². The molecule has 0 radical (unpaired) electrons. The van der Waals surface area contributed by atoms with Crippen molar-refractivity contribution >= 4 is 63.1 Å². The number of carbonyl (C=O) groups excluding carboxylic acids is 1. The average molecular weight is 456 g/mol. The molecule has 0 spiro atoms. The molecule has 9 nitrogen and oxygen atoms in total. The van der Waals surface area contributed by atoms with Crippen LogP contribution in [0.4, 0.5) is 16.3 Å². The Morgan fingerprint density at radius 1 is 1.41 bits per heavy atom. The summed E-state index contributed by atoms with van der Waals surface area (Å²) >= 11 is 5.42. The first kappa shape index (κ1) is 20.2. The van der Waals surface area contributed by atoms with Crippen LogP contribution in [-0.2, 0) is 22.5 Å². The fourth-order valence-electron chi connectivity index (χ4n) is 3.01. The van der Waals surface area contributed by atoms with Crippen molar-refractivity contribution in [1.82, 2.24) is 19.3 Å². The van der Waals surface area contributed by atoms with Crippen LogP contribution in [0.3, 0.4) is 0 Å². The average Bonchev–Trinajstić information content (AvgIpc) is 3.29. The van der Waals surface area contributed by atoms with Crippen LogP contribution < -0.4 is 4.31 Å². The van der Waals surface area contributed by atoms with Gasteiger partial charge in [-0.25, -0.2) is 18.3 Å². The molecule has 1 aliphatic heterocycles. The molecule has 0 amide bonds. The van der Waals surface area contributed by atoms with Crippen molar-refractivity contribution in [2.45, 2.75) is 38.1 Å². The Labute approximate surface area is 178 Å². The highest BCUT2D eigenvalue weighted by Crippen LogP contribution is 2.40. The molecule has 0 aliphatic carbocycles. The second-order valence-corrected chi connectivity index (χ2v) is 9.56. The fraction of sp³-hybridized carbons (Fsp3) is 0.353. The highest BCUT2D eigenvalue weighted by molar-refractivity contribution is 7.99. The van der Waals surface area contributed by atoms with Crippen molar-refractivity contribution in [3.8, 4) is 0 Å². The van der Waals surface area contributed by atoms with Gasteiger partial charge in [0, 0.05) is 17.7 Å². The van der Waals surface area contributed by atoms with Gasteiger partial charge in [0.15, 0.2) is 16.1 Å². The maximum absolute atomic E-state index is 12.4. The van der Waals surface area contributed by atoms with Gasteiger partial charge in [-0.05, 0) is 39.0 Å². The zero-order valence-corrected chi connectivity index (χ0v) is 18.2. The first-order valence-electron chi connectivity index (χ1n) is 8.67. The van der Waals surface area contributed by atoms with E-state index in [1.165, 1.54) is 22.3 Å². The summed E-state index contributed by atoms with van der Waals surface area (Å²) in [7, 11) is 0. The summed E-state index contributed by atoms with van der Waals surface area (Å²) in [5.41, 5.74) is 0.284. The number of nitrogens with zero attached hydrogens (tertiary/aromatic N) is 5. The van der Waals surface area contributed by atoms with Gasteiger partial charge in [-0.3, -0.25) is 4.55 Å². The molecule has 1 aliphatic rings. The van der Waals surface area contributed by atoms with Gasteiger partial charge >= 0.3 is 6.09 Å². The van der Waals surface area contributed by atoms with Crippen LogP contribution in [-0.4, -0.2) is 45.5 Å². The second kappa shape index (κ2) is 7.31. The van der Waals surface area contributed by atoms with Crippen LogP contribution in [0.5, 0.6) is 0 Å². The Balaban J connectivity index is 1.76. The number of hydrogen-bond acceptors (Lipinski definition) is 6. The van der Waals surface area contributed by atoms with Crippen LogP contribution in [0.15, 0.2) is 29.6 Å². The quantitative estimate of drug-likeness (QED) is 0.594. The maximum atomic E-state index is 12.4. The summed E-state index contributed by atoms with van der Waals surface area (Å²) in [6, 6.07) is 4.93. The van der Waals surface area contributed by atoms with Crippen LogP contribution in [0.1, 0.15) is 20.8 Å². The van der Waals surface area contributed by atoms with E-state index in [0.717, 1.165) is 10.4 Å². The Morgan fingerprint density at radius 2 is 2.17 bits per heavy atom. The zero-order chi connectivity index (χ0) is 20.9. The fourth-order valence-corrected chi connectivity index (χ4v) is 4.95. The van der Waals surface area contributed by atoms with E-state index in [-0.39, 0.29) is 5.15 Å². The monoisotopic (exact) mass is 455 g/mol. The maximum Gasteiger partial charge on any atom is 0.435 e. The molecule has 0 saturated heterocycles. The van der Waals surface area contributed by atoms with E-state index in [0.29, 0.717) is 34.1 Å². The molecule has 3 aromatic rings. The normalized spacial score (nSPS) is 14.8. The minimum absolute atomic E-state index is 0.152. The molecule has 154 valence electrons. The molecule has 0 saturated carbocycles. The Bertz CT molecular complexity index is 1140. The number of imidazole rings is 1. The lowest BCUT2D eigenvalue weighted by Crippen LogP contribution is -2.27. The largest absolute Gasteiger partial charge is 0.442 e. The number of ether oxygens (including phenoxy) is 1. The molecule has 29 heavy (non-hydrogen) atoms. The van der Waals surface area contributed by atoms with Crippen molar-refractivity contribution in [1.29, 1.82) is 0 Å². The van der Waals surface area contributed by atoms with E-state index in [4.69, 9.17) is 16.3 Å². The molecule has 4 rings (SSSR count). The van der Waals surface area contributed by atoms with E-state index in [9.17, 15) is 13.6 Å². The van der Waals surface area contributed by atoms with Crippen LogP contribution >= 0.6 is 23.4 Å². The van der Waals surface area contributed by atoms with Crippen LogP contribution in [0.25, 0.3) is 10.9 Å². The summed E-state index contributed by atoms with van der Waals surface area (Å²) in [6.07, 6.45) is 0.899. The number of aromatic nitrogens is 4. The first-order valence-corrected chi connectivity index (χ1v) is 11.1. The molecular weight excluding hydrogens is 438 g/mol. The van der Waals surface area contributed by atoms with Crippen molar-refractivity contribution in [2.75, 3.05) is 10.1 Å². The van der Waals surface area contributed by atoms with Crippen molar-refractivity contribution < 1.29 is 18.3 Å². The van der Waals surface area contributed by atoms with Gasteiger partial charge in [-0.1, -0.05) is 23.4 Å². The molecule has 0 fully saturated rings. The standard InChI is InChI=1S/C17H18ClN5O4S2/c1-17(2,3)27-16(24)22-12-5-4-11(8-10(12)9-19-22)23(29(25)26)14-13(18)20-15-21(14)6-7-28-15/h4-5,8-9H,6-7H2,1-3H3,(H,25,26). The Kier molecular flexibility index (Phi) is 5.09. The first-order chi connectivity index (χ1) is 13.7. The molecule has 1 atom stereocenters. The van der Waals surface area contributed by atoms with E-state index in [1.807, 2.05) is 4.57 Å². The number of anilines is 2. The number of hydrogen-bond donors (Lipinski definition) is 1. The minimum atomic E-state index is -2.38. The number of thioether (sulfide) groups is 1.